The number of nitrogen functional groups attached to an aromatic ring is 1. The zero-order valence-corrected chi connectivity index (χ0v) is 14.3. The normalized spacial score (nSPS) is 15.8. The molecule has 0 atom stereocenters. The fraction of sp³-hybridized carbons (Fsp3) is 0.368. The first-order chi connectivity index (χ1) is 12.2. The number of amides is 1. The second kappa shape index (κ2) is 6.27. The Morgan fingerprint density at radius 1 is 1.36 bits per heavy atom. The van der Waals surface area contributed by atoms with E-state index in [4.69, 9.17) is 10.3 Å². The molecule has 1 aliphatic rings. The van der Waals surface area contributed by atoms with Crippen molar-refractivity contribution in [3.05, 3.63) is 47.3 Å². The zero-order valence-electron chi connectivity index (χ0n) is 14.3. The number of fused-ring (bicyclic) bond motifs is 1. The van der Waals surface area contributed by atoms with E-state index in [0.29, 0.717) is 17.5 Å². The Bertz CT molecular complexity index is 870. The Morgan fingerprint density at radius 3 is 2.84 bits per heavy atom. The van der Waals surface area contributed by atoms with E-state index in [1.807, 2.05) is 35.2 Å². The molecule has 0 unspecified atom stereocenters. The van der Waals surface area contributed by atoms with Gasteiger partial charge >= 0.3 is 0 Å². The monoisotopic (exact) mass is 338 g/mol. The molecule has 1 aliphatic heterocycles. The second-order valence-corrected chi connectivity index (χ2v) is 6.60. The molecule has 130 valence electrons. The summed E-state index contributed by atoms with van der Waals surface area (Å²) in [6.07, 6.45) is 2.58. The largest absolute Gasteiger partial charge is 0.367 e. The van der Waals surface area contributed by atoms with Crippen LogP contribution in [0.4, 0.5) is 5.88 Å². The lowest BCUT2D eigenvalue weighted by molar-refractivity contribution is 0.0706. The van der Waals surface area contributed by atoms with Gasteiger partial charge in [-0.25, -0.2) is 0 Å². The summed E-state index contributed by atoms with van der Waals surface area (Å²) < 4.78 is 5.16. The molecule has 1 fully saturated rings. The van der Waals surface area contributed by atoms with Gasteiger partial charge < -0.3 is 20.1 Å². The van der Waals surface area contributed by atoms with Crippen LogP contribution in [0.3, 0.4) is 0 Å². The number of nitrogens with two attached hydrogens (primary N) is 1. The maximum absolute atomic E-state index is 12.8. The molecule has 3 aromatic rings. The predicted octanol–water partition coefficient (Wildman–Crippen LogP) is 3.32. The summed E-state index contributed by atoms with van der Waals surface area (Å²) >= 11 is 0. The lowest BCUT2D eigenvalue weighted by atomic mass is 9.90. The van der Waals surface area contributed by atoms with Crippen LogP contribution in [0.25, 0.3) is 10.9 Å². The standard InChI is InChI=1S/C19H22N4O2/c1-2-14-17(22-25-18(14)20)12-7-9-23(10-8-12)19(24)16-11-13-5-3-4-6-15(13)21-16/h3-6,11-12,21H,2,7-10,20H2,1H3. The highest BCUT2D eigenvalue weighted by molar-refractivity contribution is 5.98. The van der Waals surface area contributed by atoms with E-state index in [2.05, 4.69) is 17.1 Å². The summed E-state index contributed by atoms with van der Waals surface area (Å²) in [4.78, 5) is 17.9. The first-order valence-electron chi connectivity index (χ1n) is 8.78. The van der Waals surface area contributed by atoms with Crippen LogP contribution in [-0.4, -0.2) is 34.0 Å². The third-order valence-electron chi connectivity index (χ3n) is 5.13. The summed E-state index contributed by atoms with van der Waals surface area (Å²) in [5.41, 5.74) is 9.48. The molecule has 25 heavy (non-hydrogen) atoms. The first kappa shape index (κ1) is 15.7. The summed E-state index contributed by atoms with van der Waals surface area (Å²) in [5, 5.41) is 5.22. The molecule has 1 saturated heterocycles. The Hall–Kier alpha value is -2.76. The van der Waals surface area contributed by atoms with E-state index >= 15 is 0 Å². The predicted molar refractivity (Wildman–Crippen MR) is 96.5 cm³/mol. The maximum atomic E-state index is 12.8. The van der Waals surface area contributed by atoms with Gasteiger partial charge in [0, 0.05) is 35.5 Å². The van der Waals surface area contributed by atoms with Crippen LogP contribution < -0.4 is 5.73 Å². The highest BCUT2D eigenvalue weighted by Gasteiger charge is 2.29. The molecule has 1 amide bonds. The molecular weight excluding hydrogens is 316 g/mol. The van der Waals surface area contributed by atoms with Crippen LogP contribution in [-0.2, 0) is 6.42 Å². The van der Waals surface area contributed by atoms with Crippen molar-refractivity contribution < 1.29 is 9.32 Å². The molecule has 2 aromatic heterocycles. The zero-order chi connectivity index (χ0) is 17.4. The molecular formula is C19H22N4O2. The lowest BCUT2D eigenvalue weighted by Gasteiger charge is -2.31. The Kier molecular flexibility index (Phi) is 3.95. The SMILES string of the molecule is CCc1c(C2CCN(C(=O)c3cc4ccccc4[nH]3)CC2)noc1N. The van der Waals surface area contributed by atoms with Crippen LogP contribution in [0, 0.1) is 0 Å². The smallest absolute Gasteiger partial charge is 0.270 e. The number of piperidine rings is 1. The lowest BCUT2D eigenvalue weighted by Crippen LogP contribution is -2.38. The van der Waals surface area contributed by atoms with Gasteiger partial charge in [-0.15, -0.1) is 0 Å². The minimum absolute atomic E-state index is 0.0602. The summed E-state index contributed by atoms with van der Waals surface area (Å²) in [7, 11) is 0. The molecule has 0 spiro atoms. The van der Waals surface area contributed by atoms with Crippen molar-refractivity contribution in [3.63, 3.8) is 0 Å². The van der Waals surface area contributed by atoms with Gasteiger partial charge in [0.2, 0.25) is 5.88 Å². The number of para-hydroxylation sites is 1. The van der Waals surface area contributed by atoms with Crippen molar-refractivity contribution >= 4 is 22.7 Å². The fourth-order valence-corrected chi connectivity index (χ4v) is 3.73. The molecule has 1 aromatic carbocycles. The summed E-state index contributed by atoms with van der Waals surface area (Å²) in [6, 6.07) is 9.87. The minimum atomic E-state index is 0.0602. The number of aromatic amines is 1. The minimum Gasteiger partial charge on any atom is -0.367 e. The average molecular weight is 338 g/mol. The molecule has 3 heterocycles. The van der Waals surface area contributed by atoms with Crippen molar-refractivity contribution in [3.8, 4) is 0 Å². The Morgan fingerprint density at radius 2 is 2.12 bits per heavy atom. The highest BCUT2D eigenvalue weighted by Crippen LogP contribution is 2.32. The second-order valence-electron chi connectivity index (χ2n) is 6.60. The van der Waals surface area contributed by atoms with E-state index in [1.54, 1.807) is 0 Å². The van der Waals surface area contributed by atoms with E-state index < -0.39 is 0 Å². The van der Waals surface area contributed by atoms with Crippen molar-refractivity contribution in [2.75, 3.05) is 18.8 Å². The number of rotatable bonds is 3. The van der Waals surface area contributed by atoms with Crippen molar-refractivity contribution in [2.24, 2.45) is 0 Å². The number of H-pyrrole nitrogens is 1. The quantitative estimate of drug-likeness (QED) is 0.767. The summed E-state index contributed by atoms with van der Waals surface area (Å²) in [5.74, 6) is 0.793. The van der Waals surface area contributed by atoms with E-state index in [9.17, 15) is 4.79 Å². The number of hydrogen-bond acceptors (Lipinski definition) is 4. The third-order valence-corrected chi connectivity index (χ3v) is 5.13. The number of nitrogens with zero attached hydrogens (tertiary/aromatic N) is 2. The fourth-order valence-electron chi connectivity index (χ4n) is 3.73. The number of nitrogens with one attached hydrogen (secondary N) is 1. The molecule has 4 rings (SSSR count). The van der Waals surface area contributed by atoms with E-state index in [-0.39, 0.29) is 5.91 Å². The maximum Gasteiger partial charge on any atom is 0.270 e. The van der Waals surface area contributed by atoms with Gasteiger partial charge in [-0.3, -0.25) is 4.79 Å². The third kappa shape index (κ3) is 2.77. The number of carbonyl (C=O) groups excluding carboxylic acids is 1. The number of aromatic nitrogens is 2. The number of benzene rings is 1. The first-order valence-corrected chi connectivity index (χ1v) is 8.78. The van der Waals surface area contributed by atoms with Gasteiger partial charge in [0.15, 0.2) is 0 Å². The molecule has 0 saturated carbocycles. The number of anilines is 1. The van der Waals surface area contributed by atoms with Crippen LogP contribution in [0.2, 0.25) is 0 Å². The molecule has 3 N–H and O–H groups in total. The molecule has 6 heteroatoms. The molecule has 0 aliphatic carbocycles. The Labute approximate surface area is 146 Å². The number of carbonyl (C=O) groups is 1. The topological polar surface area (TPSA) is 88.2 Å². The highest BCUT2D eigenvalue weighted by atomic mass is 16.5. The Balaban J connectivity index is 1.47. The van der Waals surface area contributed by atoms with Crippen LogP contribution in [0.1, 0.15) is 47.4 Å². The van der Waals surface area contributed by atoms with Crippen LogP contribution >= 0.6 is 0 Å². The van der Waals surface area contributed by atoms with E-state index in [0.717, 1.165) is 54.5 Å². The molecule has 0 bridgehead atoms. The van der Waals surface area contributed by atoms with Gasteiger partial charge in [0.05, 0.1) is 5.69 Å². The molecule has 0 radical (unpaired) electrons. The van der Waals surface area contributed by atoms with Crippen molar-refractivity contribution in [1.82, 2.24) is 15.0 Å². The number of likely N-dealkylation sites (tertiary alicyclic amines) is 1. The van der Waals surface area contributed by atoms with Crippen LogP contribution in [0.15, 0.2) is 34.9 Å². The van der Waals surface area contributed by atoms with Gasteiger partial charge in [-0.05, 0) is 31.4 Å². The number of hydrogen-bond donors (Lipinski definition) is 2. The van der Waals surface area contributed by atoms with E-state index in [1.165, 1.54) is 0 Å². The van der Waals surface area contributed by atoms with Gasteiger partial charge in [-0.2, -0.15) is 0 Å². The van der Waals surface area contributed by atoms with Gasteiger partial charge in [0.25, 0.3) is 5.91 Å². The van der Waals surface area contributed by atoms with Gasteiger partial charge in [0.1, 0.15) is 5.69 Å². The van der Waals surface area contributed by atoms with Crippen LogP contribution in [0.5, 0.6) is 0 Å². The van der Waals surface area contributed by atoms with Crippen molar-refractivity contribution in [1.29, 1.82) is 0 Å². The summed E-state index contributed by atoms with van der Waals surface area (Å²) in [6.45, 7) is 3.49. The van der Waals surface area contributed by atoms with Gasteiger partial charge in [-0.1, -0.05) is 30.3 Å². The average Bonchev–Trinajstić information content (AvgIpc) is 3.24. The van der Waals surface area contributed by atoms with Crippen molar-refractivity contribution in [2.45, 2.75) is 32.1 Å². The molecule has 6 nitrogen and oxygen atoms in total.